The van der Waals surface area contributed by atoms with E-state index in [-0.39, 0.29) is 47.5 Å². The van der Waals surface area contributed by atoms with Crippen molar-refractivity contribution in [1.82, 2.24) is 25.2 Å². The number of halogens is 4. The molecule has 6 rings (SSSR count). The number of sulfone groups is 1. The number of likely N-dealkylation sites (N-methyl/N-ethyl adjacent to an activating group) is 2. The van der Waals surface area contributed by atoms with Crippen LogP contribution in [0.25, 0.3) is 0 Å². The second-order valence-electron chi connectivity index (χ2n) is 18.9. The van der Waals surface area contributed by atoms with Crippen molar-refractivity contribution in [3.05, 3.63) is 126 Å². The van der Waals surface area contributed by atoms with Gasteiger partial charge in [0.15, 0.2) is 9.84 Å². The summed E-state index contributed by atoms with van der Waals surface area (Å²) in [6, 6.07) is 21.4. The summed E-state index contributed by atoms with van der Waals surface area (Å²) in [4.78, 5) is 28.6. The van der Waals surface area contributed by atoms with E-state index in [2.05, 4.69) is 25.2 Å². The molecule has 0 aliphatic carbocycles. The Kier molecular flexibility index (Phi) is 27.2. The number of Topliss-reactive ketones (excluding diaryl/α,β-unsaturated/α-hetero) is 1. The summed E-state index contributed by atoms with van der Waals surface area (Å²) in [6.45, 7) is 11.4. The highest BCUT2D eigenvalue weighted by Crippen LogP contribution is 2.40. The minimum Gasteiger partial charge on any atom is -0.382 e. The van der Waals surface area contributed by atoms with Crippen molar-refractivity contribution in [1.29, 1.82) is 0 Å². The van der Waals surface area contributed by atoms with Crippen molar-refractivity contribution in [2.75, 3.05) is 105 Å². The van der Waals surface area contributed by atoms with E-state index < -0.39 is 19.9 Å². The molecule has 2 aliphatic rings. The van der Waals surface area contributed by atoms with Gasteiger partial charge in [0.1, 0.15) is 5.78 Å². The fourth-order valence-electron chi connectivity index (χ4n) is 9.12. The van der Waals surface area contributed by atoms with Crippen molar-refractivity contribution in [3.63, 3.8) is 0 Å². The lowest BCUT2D eigenvalue weighted by Crippen LogP contribution is -2.37. The fraction of sp³-hybridized carbons (Fsp3) is 0.527. The molecule has 0 fully saturated rings. The average molecular weight is 1170 g/mol. The van der Waals surface area contributed by atoms with Crippen LogP contribution in [0.15, 0.2) is 82.6 Å². The molecule has 2 unspecified atom stereocenters. The molecular weight excluding hydrogens is 1100 g/mol. The van der Waals surface area contributed by atoms with Gasteiger partial charge in [0.05, 0.1) is 42.0 Å². The maximum Gasteiger partial charge on any atom is 0.314 e. The quantitative estimate of drug-likeness (QED) is 0.0421. The second kappa shape index (κ2) is 32.6. The van der Waals surface area contributed by atoms with Crippen molar-refractivity contribution in [2.24, 2.45) is 0 Å². The summed E-state index contributed by atoms with van der Waals surface area (Å²) in [6.07, 6.45) is 4.62. The van der Waals surface area contributed by atoms with Crippen LogP contribution in [0.1, 0.15) is 104 Å². The maximum absolute atomic E-state index is 13.0. The predicted octanol–water partition coefficient (Wildman–Crippen LogP) is 9.90. The molecule has 4 aromatic rings. The lowest BCUT2D eigenvalue weighted by Gasteiger charge is -2.33. The Hall–Kier alpha value is -3.40. The Labute approximate surface area is 470 Å². The smallest absolute Gasteiger partial charge is 0.314 e. The number of hydrogen-bond acceptors (Lipinski definition) is 12. The number of hydrogen-bond donors (Lipinski definition) is 3. The summed E-state index contributed by atoms with van der Waals surface area (Å²) >= 11 is 25.5. The molecule has 0 aromatic heterocycles. The lowest BCUT2D eigenvalue weighted by molar-refractivity contribution is -0.119. The molecular formula is C55H75Cl4N5O10S2. The number of nitrogens with zero attached hydrogens (tertiary/aromatic N) is 2. The normalized spacial score (nSPS) is 15.8. The van der Waals surface area contributed by atoms with Gasteiger partial charge in [-0.05, 0) is 136 Å². The lowest BCUT2D eigenvalue weighted by atomic mass is 9.85. The van der Waals surface area contributed by atoms with Crippen molar-refractivity contribution in [3.8, 4) is 0 Å². The predicted molar refractivity (Wildman–Crippen MR) is 303 cm³/mol. The van der Waals surface area contributed by atoms with Gasteiger partial charge in [-0.1, -0.05) is 77.1 Å². The van der Waals surface area contributed by atoms with E-state index in [9.17, 15) is 26.4 Å². The molecule has 2 atom stereocenters. The maximum atomic E-state index is 13.0. The molecule has 420 valence electrons. The second-order valence-corrected chi connectivity index (χ2v) is 24.4. The minimum atomic E-state index is -3.74. The van der Waals surface area contributed by atoms with Gasteiger partial charge in [-0.3, -0.25) is 4.79 Å². The summed E-state index contributed by atoms with van der Waals surface area (Å²) in [5, 5.41) is 7.93. The number of urea groups is 1. The van der Waals surface area contributed by atoms with Gasteiger partial charge in [0.25, 0.3) is 0 Å². The van der Waals surface area contributed by atoms with Crippen LogP contribution in [0.5, 0.6) is 0 Å². The fourth-order valence-corrected chi connectivity index (χ4v) is 12.7. The molecule has 2 amide bonds. The minimum absolute atomic E-state index is 0.0172. The standard InChI is InChI=1S/C34H50Cl2N4O7S.C21H25Cl2NO3S/c1-3-45-17-14-38-34(42)37-13-6-4-5-10-28(41)11-8-16-46-19-20-47-18-15-39-48(43,44)29-12-7-9-26(21-29)31-24-40(2)25-32-30(31)22-27(35)23-33(32)36;1-3-27-8-5-9-28(25,26)17-7-4-6-15(10-17)19-13-24(2)14-20-18(19)11-16(22)12-21(20)23/h7,9,12,21-23,31,39H,3-6,8,10-11,13-20,24-25H2,1-2H3,(H2,37,38,42);4,6-7,10-12,19H,3,5,8-9,13-14H2,1-2H3. The molecule has 15 nitrogen and oxygen atoms in total. The number of ether oxygens (including phenoxy) is 4. The summed E-state index contributed by atoms with van der Waals surface area (Å²) < 4.78 is 75.7. The number of carbonyl (C=O) groups excluding carboxylic acids is 2. The molecule has 2 heterocycles. The summed E-state index contributed by atoms with van der Waals surface area (Å²) in [5.41, 5.74) is 5.97. The molecule has 0 bridgehead atoms. The van der Waals surface area contributed by atoms with E-state index in [1.54, 1.807) is 42.5 Å². The van der Waals surface area contributed by atoms with Crippen LogP contribution in [0.2, 0.25) is 20.1 Å². The van der Waals surface area contributed by atoms with E-state index in [0.29, 0.717) is 123 Å². The highest BCUT2D eigenvalue weighted by Gasteiger charge is 2.30. The number of ketones is 1. The first kappa shape index (κ1) is 63.4. The van der Waals surface area contributed by atoms with Crippen molar-refractivity contribution < 1.29 is 45.4 Å². The number of benzene rings is 4. The average Bonchev–Trinajstić information content (AvgIpc) is 3.40. The van der Waals surface area contributed by atoms with Gasteiger partial charge in [0.2, 0.25) is 10.0 Å². The van der Waals surface area contributed by atoms with Gasteiger partial charge < -0.3 is 39.4 Å². The van der Waals surface area contributed by atoms with Crippen LogP contribution >= 0.6 is 46.4 Å². The molecule has 2 aliphatic heterocycles. The van der Waals surface area contributed by atoms with Crippen LogP contribution in [-0.4, -0.2) is 144 Å². The highest BCUT2D eigenvalue weighted by molar-refractivity contribution is 7.91. The first-order valence-electron chi connectivity index (χ1n) is 26.0. The number of carbonyl (C=O) groups is 2. The molecule has 0 saturated heterocycles. The Morgan fingerprint density at radius 3 is 1.70 bits per heavy atom. The number of amides is 2. The monoisotopic (exact) mass is 1170 g/mol. The van der Waals surface area contributed by atoms with E-state index in [1.807, 2.05) is 58.3 Å². The number of unbranched alkanes of at least 4 members (excludes halogenated alkanes) is 2. The SMILES string of the molecule is CCOCCCS(=O)(=O)c1cccc(C2CN(C)Cc3c(Cl)cc(Cl)cc32)c1.CCOCCNC(=O)NCCCCCC(=O)CCCOCCOCCNS(=O)(=O)c1cccc(C2CN(C)Cc3c(Cl)cc(Cl)cc32)c1. The molecule has 4 aromatic carbocycles. The van der Waals surface area contributed by atoms with Gasteiger partial charge in [-0.15, -0.1) is 0 Å². The van der Waals surface area contributed by atoms with Crippen LogP contribution in [0.4, 0.5) is 4.79 Å². The third kappa shape index (κ3) is 20.7. The van der Waals surface area contributed by atoms with Gasteiger partial charge in [-0.25, -0.2) is 26.4 Å². The molecule has 0 radical (unpaired) electrons. The number of nitrogens with one attached hydrogen (secondary N) is 3. The molecule has 76 heavy (non-hydrogen) atoms. The van der Waals surface area contributed by atoms with Crippen LogP contribution in [0, 0.1) is 0 Å². The molecule has 21 heteroatoms. The number of sulfonamides is 1. The Balaban J connectivity index is 0.000000321. The van der Waals surface area contributed by atoms with Crippen molar-refractivity contribution in [2.45, 2.75) is 93.5 Å². The topological polar surface area (TPSA) is 182 Å². The third-order valence-corrected chi connectivity index (χ3v) is 17.3. The zero-order chi connectivity index (χ0) is 55.1. The zero-order valence-electron chi connectivity index (χ0n) is 44.2. The summed E-state index contributed by atoms with van der Waals surface area (Å²) in [7, 11) is -3.05. The van der Waals surface area contributed by atoms with E-state index in [0.717, 1.165) is 65.7 Å². The van der Waals surface area contributed by atoms with Crippen LogP contribution in [0.3, 0.4) is 0 Å². The number of fused-ring (bicyclic) bond motifs is 2. The Bertz CT molecular complexity index is 2720. The van der Waals surface area contributed by atoms with Gasteiger partial charge in [-0.2, -0.15) is 0 Å². The van der Waals surface area contributed by atoms with Gasteiger partial charge >= 0.3 is 6.03 Å². The van der Waals surface area contributed by atoms with E-state index in [1.165, 1.54) is 0 Å². The Morgan fingerprint density at radius 2 is 1.09 bits per heavy atom. The van der Waals surface area contributed by atoms with Gasteiger partial charge in [0, 0.05) is 117 Å². The van der Waals surface area contributed by atoms with Crippen LogP contribution < -0.4 is 15.4 Å². The number of rotatable bonds is 30. The first-order chi connectivity index (χ1) is 36.4. The Morgan fingerprint density at radius 1 is 0.579 bits per heavy atom. The zero-order valence-corrected chi connectivity index (χ0v) is 48.8. The van der Waals surface area contributed by atoms with E-state index >= 15 is 0 Å². The molecule has 0 spiro atoms. The van der Waals surface area contributed by atoms with E-state index in [4.69, 9.17) is 65.4 Å². The van der Waals surface area contributed by atoms with Crippen LogP contribution in [-0.2, 0) is 56.7 Å². The van der Waals surface area contributed by atoms with Crippen molar-refractivity contribution >= 4 is 78.1 Å². The highest BCUT2D eigenvalue weighted by atomic mass is 35.5. The third-order valence-electron chi connectivity index (χ3n) is 12.9. The molecule has 0 saturated carbocycles. The summed E-state index contributed by atoms with van der Waals surface area (Å²) in [5.74, 6) is 0.236. The molecule has 3 N–H and O–H groups in total. The largest absolute Gasteiger partial charge is 0.382 e. The first-order valence-corrected chi connectivity index (χ1v) is 30.7.